The van der Waals surface area contributed by atoms with Crippen molar-refractivity contribution in [3.8, 4) is 0 Å². The third-order valence-corrected chi connectivity index (χ3v) is 6.34. The highest BCUT2D eigenvalue weighted by Gasteiger charge is 2.21. The molecule has 1 aromatic carbocycles. The van der Waals surface area contributed by atoms with Crippen LogP contribution in [0.25, 0.3) is 10.1 Å². The fourth-order valence-corrected chi connectivity index (χ4v) is 4.65. The summed E-state index contributed by atoms with van der Waals surface area (Å²) in [6.45, 7) is 5.87. The van der Waals surface area contributed by atoms with Crippen LogP contribution in [0, 0.1) is 0 Å². The standard InChI is InChI=1S/C20H30N4OS/c1-3-24-11-7-6-9-16(24)13-22-20(21-2)23-14-17(25)19-12-15-8-4-5-10-18(15)26-19/h4-5,8,10,12,16-17,25H,3,6-7,9,11,13-14H2,1-2H3,(H2,21,22,23). The molecule has 142 valence electrons. The predicted octanol–water partition coefficient (Wildman–Crippen LogP) is 2.97. The number of likely N-dealkylation sites (N-methyl/N-ethyl adjacent to an activating group) is 1. The van der Waals surface area contributed by atoms with Crippen LogP contribution in [0.2, 0.25) is 0 Å². The molecule has 2 heterocycles. The van der Waals surface area contributed by atoms with Gasteiger partial charge in [0.1, 0.15) is 6.10 Å². The van der Waals surface area contributed by atoms with E-state index >= 15 is 0 Å². The average molecular weight is 375 g/mol. The zero-order valence-electron chi connectivity index (χ0n) is 15.7. The summed E-state index contributed by atoms with van der Waals surface area (Å²) in [5.41, 5.74) is 0. The van der Waals surface area contributed by atoms with Crippen LogP contribution >= 0.6 is 11.3 Å². The highest BCUT2D eigenvalue weighted by Crippen LogP contribution is 2.29. The number of aliphatic hydroxyl groups is 1. The minimum absolute atomic E-state index is 0.453. The second kappa shape index (κ2) is 9.35. The molecule has 1 aromatic heterocycles. The van der Waals surface area contributed by atoms with E-state index in [1.807, 2.05) is 12.1 Å². The number of thiophene rings is 1. The normalized spacial score (nSPS) is 20.3. The summed E-state index contributed by atoms with van der Waals surface area (Å²) in [6, 6.07) is 10.9. The molecule has 1 aliphatic rings. The predicted molar refractivity (Wildman–Crippen MR) is 111 cm³/mol. The summed E-state index contributed by atoms with van der Waals surface area (Å²) in [4.78, 5) is 7.82. The number of fused-ring (bicyclic) bond motifs is 1. The van der Waals surface area contributed by atoms with E-state index in [9.17, 15) is 5.11 Å². The molecular formula is C20H30N4OS. The van der Waals surface area contributed by atoms with Gasteiger partial charge in [0.15, 0.2) is 5.96 Å². The Bertz CT molecular complexity index is 696. The van der Waals surface area contributed by atoms with Crippen LogP contribution in [-0.2, 0) is 0 Å². The third-order valence-electron chi connectivity index (χ3n) is 5.12. The Morgan fingerprint density at radius 3 is 2.96 bits per heavy atom. The number of guanidine groups is 1. The lowest BCUT2D eigenvalue weighted by Gasteiger charge is -2.35. The molecule has 0 radical (unpaired) electrons. The fraction of sp³-hybridized carbons (Fsp3) is 0.550. The molecule has 1 fully saturated rings. The number of hydrogen-bond acceptors (Lipinski definition) is 4. The molecule has 5 nitrogen and oxygen atoms in total. The summed E-state index contributed by atoms with van der Waals surface area (Å²) < 4.78 is 1.21. The first-order valence-corrected chi connectivity index (χ1v) is 10.4. The van der Waals surface area contributed by atoms with E-state index in [4.69, 9.17) is 0 Å². The maximum atomic E-state index is 10.5. The molecule has 2 atom stereocenters. The van der Waals surface area contributed by atoms with E-state index in [0.717, 1.165) is 23.9 Å². The van der Waals surface area contributed by atoms with Gasteiger partial charge in [-0.05, 0) is 43.5 Å². The number of likely N-dealkylation sites (tertiary alicyclic amines) is 1. The number of nitrogens with one attached hydrogen (secondary N) is 2. The Kier molecular flexibility index (Phi) is 6.88. The molecule has 0 bridgehead atoms. The highest BCUT2D eigenvalue weighted by atomic mass is 32.1. The van der Waals surface area contributed by atoms with E-state index in [-0.39, 0.29) is 0 Å². The molecule has 1 saturated heterocycles. The van der Waals surface area contributed by atoms with Crippen molar-refractivity contribution in [3.05, 3.63) is 35.2 Å². The van der Waals surface area contributed by atoms with Gasteiger partial charge in [0.25, 0.3) is 0 Å². The van der Waals surface area contributed by atoms with E-state index in [1.54, 1.807) is 18.4 Å². The first-order valence-electron chi connectivity index (χ1n) is 9.56. The van der Waals surface area contributed by atoms with E-state index < -0.39 is 6.10 Å². The number of hydrogen-bond donors (Lipinski definition) is 3. The summed E-state index contributed by atoms with van der Waals surface area (Å²) in [6.07, 6.45) is 3.31. The van der Waals surface area contributed by atoms with Crippen LogP contribution in [0.3, 0.4) is 0 Å². The van der Waals surface area contributed by atoms with Gasteiger partial charge in [-0.2, -0.15) is 0 Å². The summed E-state index contributed by atoms with van der Waals surface area (Å²) in [7, 11) is 1.78. The molecule has 0 aliphatic carbocycles. The molecule has 0 amide bonds. The number of aliphatic hydroxyl groups excluding tert-OH is 1. The van der Waals surface area contributed by atoms with Crippen LogP contribution in [0.5, 0.6) is 0 Å². The number of nitrogens with zero attached hydrogens (tertiary/aromatic N) is 2. The van der Waals surface area contributed by atoms with Crippen LogP contribution < -0.4 is 10.6 Å². The topological polar surface area (TPSA) is 59.9 Å². The van der Waals surface area contributed by atoms with Crippen molar-refractivity contribution in [2.75, 3.05) is 33.2 Å². The van der Waals surface area contributed by atoms with E-state index in [1.165, 1.54) is 35.9 Å². The molecule has 6 heteroatoms. The molecule has 0 saturated carbocycles. The molecular weight excluding hydrogens is 344 g/mol. The summed E-state index contributed by atoms with van der Waals surface area (Å²) >= 11 is 1.65. The van der Waals surface area contributed by atoms with Gasteiger partial charge in [0, 0.05) is 35.8 Å². The summed E-state index contributed by atoms with van der Waals surface area (Å²) in [5, 5.41) is 18.4. The van der Waals surface area contributed by atoms with Crippen molar-refractivity contribution in [2.45, 2.75) is 38.3 Å². The number of piperidine rings is 1. The second-order valence-electron chi connectivity index (χ2n) is 6.81. The van der Waals surface area contributed by atoms with Crippen molar-refractivity contribution in [2.24, 2.45) is 4.99 Å². The van der Waals surface area contributed by atoms with Crippen LogP contribution in [0.15, 0.2) is 35.3 Å². The van der Waals surface area contributed by atoms with Gasteiger partial charge < -0.3 is 15.7 Å². The molecule has 2 unspecified atom stereocenters. The Labute approximate surface area is 160 Å². The van der Waals surface area contributed by atoms with Gasteiger partial charge in [-0.25, -0.2) is 0 Å². The van der Waals surface area contributed by atoms with Crippen molar-refractivity contribution >= 4 is 27.4 Å². The molecule has 1 aliphatic heterocycles. The zero-order valence-corrected chi connectivity index (χ0v) is 16.6. The first-order chi connectivity index (χ1) is 12.7. The molecule has 26 heavy (non-hydrogen) atoms. The Balaban J connectivity index is 1.50. The average Bonchev–Trinajstić information content (AvgIpc) is 3.12. The van der Waals surface area contributed by atoms with E-state index in [2.05, 4.69) is 45.6 Å². The van der Waals surface area contributed by atoms with Gasteiger partial charge in [-0.1, -0.05) is 31.5 Å². The van der Waals surface area contributed by atoms with Crippen molar-refractivity contribution in [1.29, 1.82) is 0 Å². The van der Waals surface area contributed by atoms with Gasteiger partial charge in [-0.15, -0.1) is 11.3 Å². The highest BCUT2D eigenvalue weighted by molar-refractivity contribution is 7.19. The number of aliphatic imine (C=N–C) groups is 1. The zero-order chi connectivity index (χ0) is 18.4. The Hall–Kier alpha value is -1.63. The van der Waals surface area contributed by atoms with Crippen LogP contribution in [-0.4, -0.2) is 55.2 Å². The number of rotatable bonds is 6. The van der Waals surface area contributed by atoms with Crippen molar-refractivity contribution in [3.63, 3.8) is 0 Å². The minimum Gasteiger partial charge on any atom is -0.386 e. The van der Waals surface area contributed by atoms with Gasteiger partial charge in [-0.3, -0.25) is 9.89 Å². The maximum absolute atomic E-state index is 10.5. The smallest absolute Gasteiger partial charge is 0.191 e. The Morgan fingerprint density at radius 1 is 1.35 bits per heavy atom. The largest absolute Gasteiger partial charge is 0.386 e. The lowest BCUT2D eigenvalue weighted by Crippen LogP contribution is -2.49. The maximum Gasteiger partial charge on any atom is 0.191 e. The molecule has 0 spiro atoms. The first kappa shape index (κ1) is 19.1. The molecule has 2 aromatic rings. The van der Waals surface area contributed by atoms with Crippen LogP contribution in [0.4, 0.5) is 0 Å². The van der Waals surface area contributed by atoms with Gasteiger partial charge in [0.2, 0.25) is 0 Å². The lowest BCUT2D eigenvalue weighted by molar-refractivity contribution is 0.157. The van der Waals surface area contributed by atoms with Gasteiger partial charge in [0.05, 0.1) is 0 Å². The van der Waals surface area contributed by atoms with E-state index in [0.29, 0.717) is 12.6 Å². The lowest BCUT2D eigenvalue weighted by atomic mass is 10.0. The Morgan fingerprint density at radius 2 is 2.19 bits per heavy atom. The summed E-state index contributed by atoms with van der Waals surface area (Å²) in [5.74, 6) is 0.756. The quantitative estimate of drug-likeness (QED) is 0.537. The second-order valence-corrected chi connectivity index (χ2v) is 7.93. The van der Waals surface area contributed by atoms with Crippen molar-refractivity contribution in [1.82, 2.24) is 15.5 Å². The SMILES string of the molecule is CCN1CCCCC1CNC(=NC)NCC(O)c1cc2ccccc2s1. The molecule has 3 rings (SSSR count). The van der Waals surface area contributed by atoms with Crippen LogP contribution in [0.1, 0.15) is 37.2 Å². The number of benzene rings is 1. The fourth-order valence-electron chi connectivity index (χ4n) is 3.60. The third kappa shape index (κ3) is 4.75. The van der Waals surface area contributed by atoms with Crippen molar-refractivity contribution < 1.29 is 5.11 Å². The molecule has 3 N–H and O–H groups in total. The van der Waals surface area contributed by atoms with Gasteiger partial charge >= 0.3 is 0 Å². The monoisotopic (exact) mass is 374 g/mol. The minimum atomic E-state index is -0.534.